The molecule has 1 fully saturated rings. The van der Waals surface area contributed by atoms with Gasteiger partial charge in [-0.25, -0.2) is 4.79 Å². The van der Waals surface area contributed by atoms with Crippen molar-refractivity contribution in [1.29, 1.82) is 0 Å². The van der Waals surface area contributed by atoms with Crippen LogP contribution in [0, 0.1) is 5.92 Å². The van der Waals surface area contributed by atoms with Crippen LogP contribution in [-0.4, -0.2) is 23.8 Å². The fourth-order valence-electron chi connectivity index (χ4n) is 2.34. The maximum absolute atomic E-state index is 11.8. The number of furan rings is 1. The maximum Gasteiger partial charge on any atom is 0.407 e. The van der Waals surface area contributed by atoms with Crippen molar-refractivity contribution in [2.75, 3.05) is 6.54 Å². The summed E-state index contributed by atoms with van der Waals surface area (Å²) < 4.78 is 10.6. The molecule has 1 atom stereocenters. The summed E-state index contributed by atoms with van der Waals surface area (Å²) in [6.45, 7) is 8.94. The highest BCUT2D eigenvalue weighted by Gasteiger charge is 2.41. The van der Waals surface area contributed by atoms with E-state index < -0.39 is 5.60 Å². The molecule has 5 heteroatoms. The van der Waals surface area contributed by atoms with E-state index in [2.05, 4.69) is 17.6 Å². The SMILES string of the molecule is CC(C)(C)OC(=O)NCC(C)(NCc1ccco1)C1CC1. The first kappa shape index (κ1) is 15.9. The molecule has 1 aliphatic rings. The smallest absolute Gasteiger partial charge is 0.407 e. The van der Waals surface area contributed by atoms with E-state index in [1.807, 2.05) is 32.9 Å². The quantitative estimate of drug-likeness (QED) is 0.846. The van der Waals surface area contributed by atoms with Crippen LogP contribution in [0.1, 0.15) is 46.3 Å². The molecule has 2 N–H and O–H groups in total. The predicted molar refractivity (Wildman–Crippen MR) is 80.9 cm³/mol. The number of nitrogens with one attached hydrogen (secondary N) is 2. The maximum atomic E-state index is 11.8. The van der Waals surface area contributed by atoms with E-state index in [-0.39, 0.29) is 11.6 Å². The number of alkyl carbamates (subject to hydrolysis) is 1. The van der Waals surface area contributed by atoms with Crippen molar-refractivity contribution in [3.8, 4) is 0 Å². The van der Waals surface area contributed by atoms with Crippen LogP contribution in [0.2, 0.25) is 0 Å². The van der Waals surface area contributed by atoms with Gasteiger partial charge in [-0.1, -0.05) is 0 Å². The predicted octanol–water partition coefficient (Wildman–Crippen LogP) is 3.06. The van der Waals surface area contributed by atoms with Crippen LogP contribution in [0.5, 0.6) is 0 Å². The highest BCUT2D eigenvalue weighted by molar-refractivity contribution is 5.67. The third-order valence-electron chi connectivity index (χ3n) is 3.72. The highest BCUT2D eigenvalue weighted by Crippen LogP contribution is 2.39. The van der Waals surface area contributed by atoms with Gasteiger partial charge in [-0.05, 0) is 58.6 Å². The Labute approximate surface area is 126 Å². The molecule has 0 saturated heterocycles. The average molecular weight is 294 g/mol. The van der Waals surface area contributed by atoms with E-state index in [0.29, 0.717) is 19.0 Å². The van der Waals surface area contributed by atoms with Crippen molar-refractivity contribution in [3.05, 3.63) is 24.2 Å². The molecule has 1 aromatic rings. The van der Waals surface area contributed by atoms with Crippen LogP contribution in [0.3, 0.4) is 0 Å². The Morgan fingerprint density at radius 1 is 1.38 bits per heavy atom. The van der Waals surface area contributed by atoms with Gasteiger partial charge in [0.1, 0.15) is 11.4 Å². The molecule has 1 saturated carbocycles. The van der Waals surface area contributed by atoms with Crippen LogP contribution < -0.4 is 10.6 Å². The molecule has 1 heterocycles. The fraction of sp³-hybridized carbons (Fsp3) is 0.688. The molecule has 118 valence electrons. The summed E-state index contributed by atoms with van der Waals surface area (Å²) in [6, 6.07) is 3.83. The van der Waals surface area contributed by atoms with Gasteiger partial charge in [0.05, 0.1) is 12.8 Å². The molecule has 0 radical (unpaired) electrons. The Bertz CT molecular complexity index is 460. The normalized spacial score (nSPS) is 18.1. The Morgan fingerprint density at radius 2 is 2.10 bits per heavy atom. The minimum absolute atomic E-state index is 0.135. The van der Waals surface area contributed by atoms with Crippen LogP contribution in [0.15, 0.2) is 22.8 Å². The molecule has 21 heavy (non-hydrogen) atoms. The second-order valence-corrected chi connectivity index (χ2v) is 6.98. The molecular weight excluding hydrogens is 268 g/mol. The number of hydrogen-bond donors (Lipinski definition) is 2. The summed E-state index contributed by atoms with van der Waals surface area (Å²) in [5.74, 6) is 1.49. The zero-order chi connectivity index (χ0) is 15.5. The highest BCUT2D eigenvalue weighted by atomic mass is 16.6. The monoisotopic (exact) mass is 294 g/mol. The summed E-state index contributed by atoms with van der Waals surface area (Å²) in [5.41, 5.74) is -0.606. The van der Waals surface area contributed by atoms with Crippen molar-refractivity contribution >= 4 is 6.09 Å². The molecule has 1 aliphatic carbocycles. The van der Waals surface area contributed by atoms with E-state index in [0.717, 1.165) is 5.76 Å². The van der Waals surface area contributed by atoms with Gasteiger partial charge in [0.25, 0.3) is 0 Å². The van der Waals surface area contributed by atoms with Gasteiger partial charge < -0.3 is 19.8 Å². The van der Waals surface area contributed by atoms with Crippen LogP contribution >= 0.6 is 0 Å². The second kappa shape index (κ2) is 6.10. The number of amides is 1. The van der Waals surface area contributed by atoms with Gasteiger partial charge >= 0.3 is 6.09 Å². The van der Waals surface area contributed by atoms with Crippen molar-refractivity contribution in [2.45, 2.75) is 58.2 Å². The third-order valence-corrected chi connectivity index (χ3v) is 3.72. The molecule has 0 bridgehead atoms. The average Bonchev–Trinajstić information content (AvgIpc) is 3.10. The van der Waals surface area contributed by atoms with Crippen molar-refractivity contribution in [2.24, 2.45) is 5.92 Å². The van der Waals surface area contributed by atoms with Crippen LogP contribution in [0.4, 0.5) is 4.79 Å². The van der Waals surface area contributed by atoms with E-state index in [9.17, 15) is 4.79 Å². The minimum Gasteiger partial charge on any atom is -0.468 e. The summed E-state index contributed by atoms with van der Waals surface area (Å²) in [5, 5.41) is 6.39. The van der Waals surface area contributed by atoms with Gasteiger partial charge in [0, 0.05) is 12.1 Å². The number of carbonyl (C=O) groups excluding carboxylic acids is 1. The molecule has 1 amide bonds. The van der Waals surface area contributed by atoms with Gasteiger partial charge in [0.2, 0.25) is 0 Å². The molecule has 0 aromatic carbocycles. The summed E-state index contributed by atoms with van der Waals surface area (Å²) in [7, 11) is 0. The van der Waals surface area contributed by atoms with Gasteiger partial charge in [-0.15, -0.1) is 0 Å². The second-order valence-electron chi connectivity index (χ2n) is 6.98. The molecule has 0 aliphatic heterocycles. The van der Waals surface area contributed by atoms with Crippen LogP contribution in [0.25, 0.3) is 0 Å². The van der Waals surface area contributed by atoms with Gasteiger partial charge in [-0.2, -0.15) is 0 Å². The third kappa shape index (κ3) is 5.08. The van der Waals surface area contributed by atoms with Gasteiger partial charge in [0.15, 0.2) is 0 Å². The molecule has 5 nitrogen and oxygen atoms in total. The molecule has 2 rings (SSSR count). The Hall–Kier alpha value is -1.49. The summed E-state index contributed by atoms with van der Waals surface area (Å²) in [4.78, 5) is 11.8. The van der Waals surface area contributed by atoms with E-state index in [1.165, 1.54) is 12.8 Å². The number of hydrogen-bond acceptors (Lipinski definition) is 4. The van der Waals surface area contributed by atoms with E-state index >= 15 is 0 Å². The first-order chi connectivity index (χ1) is 9.78. The van der Waals surface area contributed by atoms with Crippen molar-refractivity contribution < 1.29 is 13.9 Å². The lowest BCUT2D eigenvalue weighted by Gasteiger charge is -2.31. The fourth-order valence-corrected chi connectivity index (χ4v) is 2.34. The lowest BCUT2D eigenvalue weighted by Crippen LogP contribution is -2.53. The molecular formula is C16H26N2O3. The zero-order valence-corrected chi connectivity index (χ0v) is 13.4. The number of carbonyl (C=O) groups is 1. The van der Waals surface area contributed by atoms with Gasteiger partial charge in [-0.3, -0.25) is 0 Å². The number of ether oxygens (including phenoxy) is 1. The Balaban J connectivity index is 1.84. The topological polar surface area (TPSA) is 63.5 Å². The lowest BCUT2D eigenvalue weighted by molar-refractivity contribution is 0.0507. The first-order valence-electron chi connectivity index (χ1n) is 7.53. The Morgan fingerprint density at radius 3 is 2.62 bits per heavy atom. The first-order valence-corrected chi connectivity index (χ1v) is 7.53. The molecule has 1 unspecified atom stereocenters. The summed E-state index contributed by atoms with van der Waals surface area (Å²) in [6.07, 6.45) is 3.69. The van der Waals surface area contributed by atoms with E-state index in [1.54, 1.807) is 6.26 Å². The minimum atomic E-state index is -0.471. The van der Waals surface area contributed by atoms with Crippen molar-refractivity contribution in [3.63, 3.8) is 0 Å². The van der Waals surface area contributed by atoms with Crippen LogP contribution in [-0.2, 0) is 11.3 Å². The van der Waals surface area contributed by atoms with Crippen molar-refractivity contribution in [1.82, 2.24) is 10.6 Å². The summed E-state index contributed by atoms with van der Waals surface area (Å²) >= 11 is 0. The van der Waals surface area contributed by atoms with E-state index in [4.69, 9.17) is 9.15 Å². The Kier molecular flexibility index (Phi) is 4.61. The largest absolute Gasteiger partial charge is 0.468 e. The molecule has 0 spiro atoms. The zero-order valence-electron chi connectivity index (χ0n) is 13.4. The molecule has 1 aromatic heterocycles. The standard InChI is InChI=1S/C16H26N2O3/c1-15(2,3)21-14(19)17-11-16(4,12-7-8-12)18-10-13-6-5-9-20-13/h5-6,9,12,18H,7-8,10-11H2,1-4H3,(H,17,19). The lowest BCUT2D eigenvalue weighted by atomic mass is 9.95. The number of rotatable bonds is 6.